The van der Waals surface area contributed by atoms with E-state index in [2.05, 4.69) is 8.62 Å². The Balaban J connectivity index is 0. The standard InChI is InChI=1S/H5O10P3.Ru/c1-11(2,3)9-13(7,8)10-12(4,5)6;/h(H,7,8)(H2,1,2,3)(H2,4,5,6);. The smallest absolute Gasteiger partial charge is 0.302 e. The molecule has 14 heavy (non-hydrogen) atoms. The molecule has 0 bridgehead atoms. The molecule has 0 saturated carbocycles. The maximum absolute atomic E-state index is 10.4. The molecular weight excluding hydrogens is 354 g/mol. The van der Waals surface area contributed by atoms with Crippen molar-refractivity contribution in [3.05, 3.63) is 0 Å². The molecule has 0 aromatic heterocycles. The van der Waals surface area contributed by atoms with Crippen LogP contribution in [0.5, 0.6) is 0 Å². The van der Waals surface area contributed by atoms with Gasteiger partial charge in [-0.2, -0.15) is 8.62 Å². The average molecular weight is 359 g/mol. The molecule has 0 aliphatic carbocycles. The van der Waals surface area contributed by atoms with Crippen molar-refractivity contribution < 1.29 is 66.3 Å². The summed E-state index contributed by atoms with van der Waals surface area (Å²) < 4.78 is 36.4. The van der Waals surface area contributed by atoms with E-state index >= 15 is 0 Å². The fourth-order valence-corrected chi connectivity index (χ4v) is 2.82. The summed E-state index contributed by atoms with van der Waals surface area (Å²) in [5.41, 5.74) is 0. The Hall–Kier alpha value is 1.03. The molecule has 0 aromatic carbocycles. The van der Waals surface area contributed by atoms with Gasteiger partial charge in [-0.05, 0) is 0 Å². The number of hydrogen-bond acceptors (Lipinski definition) is 5. The van der Waals surface area contributed by atoms with Gasteiger partial charge in [0.1, 0.15) is 0 Å². The zero-order chi connectivity index (χ0) is 10.9. The molecule has 0 radical (unpaired) electrons. The molecule has 0 aliphatic heterocycles. The van der Waals surface area contributed by atoms with Crippen LogP contribution in [0.25, 0.3) is 0 Å². The van der Waals surface area contributed by atoms with Crippen LogP contribution in [-0.4, -0.2) is 24.5 Å². The van der Waals surface area contributed by atoms with Crippen molar-refractivity contribution >= 4 is 23.5 Å². The molecule has 0 heterocycles. The third-order valence-electron chi connectivity index (χ3n) is 0.419. The van der Waals surface area contributed by atoms with E-state index in [4.69, 9.17) is 24.5 Å². The zero-order valence-corrected chi connectivity index (χ0v) is 10.4. The Morgan fingerprint density at radius 3 is 1.07 bits per heavy atom. The molecule has 0 rings (SSSR count). The first-order valence-electron chi connectivity index (χ1n) is 2.28. The van der Waals surface area contributed by atoms with Crippen molar-refractivity contribution in [2.45, 2.75) is 0 Å². The molecule has 0 unspecified atom stereocenters. The SMILES string of the molecule is O=P(O)(O)OP(=O)(O)OP(=O)(O)O.[Ru]. The van der Waals surface area contributed by atoms with Crippen LogP contribution in [0.1, 0.15) is 0 Å². The zero-order valence-electron chi connectivity index (χ0n) is 5.97. The Labute approximate surface area is 90.1 Å². The quantitative estimate of drug-likeness (QED) is 0.319. The predicted molar refractivity (Wildman–Crippen MR) is 36.1 cm³/mol. The Bertz CT molecular complexity index is 277. The number of hydrogen-bond donors (Lipinski definition) is 5. The second-order valence-electron chi connectivity index (χ2n) is 1.61. The van der Waals surface area contributed by atoms with Gasteiger partial charge in [-0.15, -0.1) is 0 Å². The van der Waals surface area contributed by atoms with Gasteiger partial charge in [-0.3, -0.25) is 0 Å². The molecule has 0 amide bonds. The van der Waals surface area contributed by atoms with E-state index in [0.717, 1.165) is 0 Å². The van der Waals surface area contributed by atoms with Crippen LogP contribution in [0.2, 0.25) is 0 Å². The summed E-state index contributed by atoms with van der Waals surface area (Å²) >= 11 is 0. The van der Waals surface area contributed by atoms with Crippen LogP contribution in [0.4, 0.5) is 0 Å². The van der Waals surface area contributed by atoms with Crippen molar-refractivity contribution in [3.63, 3.8) is 0 Å². The van der Waals surface area contributed by atoms with Gasteiger partial charge < -0.3 is 24.5 Å². The summed E-state index contributed by atoms with van der Waals surface area (Å²) in [6, 6.07) is 0. The minimum atomic E-state index is -5.46. The fourth-order valence-electron chi connectivity index (χ4n) is 0.284. The Morgan fingerprint density at radius 1 is 0.714 bits per heavy atom. The van der Waals surface area contributed by atoms with E-state index in [1.54, 1.807) is 0 Å². The van der Waals surface area contributed by atoms with E-state index in [9.17, 15) is 13.7 Å². The summed E-state index contributed by atoms with van der Waals surface area (Å²) in [6.07, 6.45) is 0. The van der Waals surface area contributed by atoms with Crippen LogP contribution in [0.15, 0.2) is 0 Å². The summed E-state index contributed by atoms with van der Waals surface area (Å²) in [5, 5.41) is 0. The van der Waals surface area contributed by atoms with E-state index in [1.165, 1.54) is 0 Å². The monoisotopic (exact) mass is 360 g/mol. The summed E-state index contributed by atoms with van der Waals surface area (Å²) in [4.78, 5) is 40.2. The molecule has 14 heteroatoms. The van der Waals surface area contributed by atoms with Crippen molar-refractivity contribution in [1.82, 2.24) is 0 Å². The van der Waals surface area contributed by atoms with Crippen molar-refractivity contribution in [2.75, 3.05) is 0 Å². The molecule has 0 saturated heterocycles. The van der Waals surface area contributed by atoms with Gasteiger partial charge in [0, 0.05) is 19.5 Å². The Kier molecular flexibility index (Phi) is 6.71. The third-order valence-corrected chi connectivity index (χ3v) is 3.77. The number of phosphoric acid groups is 3. The fraction of sp³-hybridized carbons (Fsp3) is 0. The first-order valence-corrected chi connectivity index (χ1v) is 6.83. The van der Waals surface area contributed by atoms with Gasteiger partial charge in [0.2, 0.25) is 0 Å². The summed E-state index contributed by atoms with van der Waals surface area (Å²) in [6.45, 7) is 0. The molecule has 5 N–H and O–H groups in total. The van der Waals surface area contributed by atoms with Crippen LogP contribution < -0.4 is 0 Å². The molecule has 88 valence electrons. The van der Waals surface area contributed by atoms with Crippen molar-refractivity contribution in [1.29, 1.82) is 0 Å². The van der Waals surface area contributed by atoms with Gasteiger partial charge >= 0.3 is 23.5 Å². The summed E-state index contributed by atoms with van der Waals surface area (Å²) in [7, 11) is -16.2. The second kappa shape index (κ2) is 5.39. The summed E-state index contributed by atoms with van der Waals surface area (Å²) in [5.74, 6) is 0. The van der Waals surface area contributed by atoms with Gasteiger partial charge in [0.15, 0.2) is 0 Å². The first-order chi connectivity index (χ1) is 5.41. The second-order valence-corrected chi connectivity index (χ2v) is 5.82. The molecule has 0 fully saturated rings. The van der Waals surface area contributed by atoms with Crippen LogP contribution in [-0.2, 0) is 41.8 Å². The normalized spacial score (nSPS) is 13.5. The minimum Gasteiger partial charge on any atom is -0.302 e. The van der Waals surface area contributed by atoms with E-state index in [1.807, 2.05) is 0 Å². The van der Waals surface area contributed by atoms with E-state index in [-0.39, 0.29) is 19.5 Å². The Morgan fingerprint density at radius 2 is 0.929 bits per heavy atom. The largest absolute Gasteiger partial charge is 0.490 e. The molecular formula is H5O10P3Ru. The first kappa shape index (κ1) is 17.4. The average Bonchev–Trinajstić information content (AvgIpc) is 1.43. The van der Waals surface area contributed by atoms with Crippen LogP contribution >= 0.6 is 23.5 Å². The van der Waals surface area contributed by atoms with Crippen LogP contribution in [0, 0.1) is 0 Å². The van der Waals surface area contributed by atoms with Gasteiger partial charge in [-0.1, -0.05) is 0 Å². The van der Waals surface area contributed by atoms with Gasteiger partial charge in [0.05, 0.1) is 0 Å². The molecule has 0 aliphatic rings. The van der Waals surface area contributed by atoms with E-state index in [0.29, 0.717) is 0 Å². The third kappa shape index (κ3) is 11.1. The minimum absolute atomic E-state index is 0. The maximum atomic E-state index is 10.4. The van der Waals surface area contributed by atoms with Crippen molar-refractivity contribution in [2.24, 2.45) is 0 Å². The van der Waals surface area contributed by atoms with Gasteiger partial charge in [-0.25, -0.2) is 13.7 Å². The van der Waals surface area contributed by atoms with Crippen LogP contribution in [0.3, 0.4) is 0 Å². The molecule has 0 atom stereocenters. The predicted octanol–water partition coefficient (Wildman–Crippen LogP) is -0.697. The maximum Gasteiger partial charge on any atom is 0.490 e. The molecule has 10 nitrogen and oxygen atoms in total. The van der Waals surface area contributed by atoms with Crippen molar-refractivity contribution in [3.8, 4) is 0 Å². The number of rotatable bonds is 4. The molecule has 0 aromatic rings. The van der Waals surface area contributed by atoms with Gasteiger partial charge in [0.25, 0.3) is 0 Å². The molecule has 0 spiro atoms. The topological polar surface area (TPSA) is 171 Å². The van der Waals surface area contributed by atoms with E-state index < -0.39 is 23.5 Å².